The Hall–Kier alpha value is -0.340. The maximum atomic E-state index is 3.46. The first kappa shape index (κ1) is 6.38. The number of hydrogen-bond acceptors (Lipinski definition) is 1. The van der Waals surface area contributed by atoms with Gasteiger partial charge < -0.3 is 0 Å². The Kier molecular flexibility index (Phi) is 1.51. The third-order valence-electron chi connectivity index (χ3n) is 1.37. The van der Waals surface area contributed by atoms with Crippen molar-refractivity contribution in [1.29, 1.82) is 0 Å². The molecule has 0 saturated heterocycles. The molecule has 0 aliphatic rings. The second kappa shape index (κ2) is 2.36. The Morgan fingerprint density at radius 3 is 3.20 bits per heavy atom. The molecular weight excluding hydrogens is 208 g/mol. The number of benzene rings is 1. The van der Waals surface area contributed by atoms with Crippen molar-refractivity contribution in [3.63, 3.8) is 0 Å². The number of halogens is 1. The first-order valence-corrected chi connectivity index (χ1v) is 4.58. The standard InChI is InChI=1S/C8H4BrS/c9-7-5-10-8-4-2-1-3-6(7)8/h2-5H. The summed E-state index contributed by atoms with van der Waals surface area (Å²) >= 11 is 5.20. The van der Waals surface area contributed by atoms with E-state index in [1.54, 1.807) is 11.3 Å². The fourth-order valence-electron chi connectivity index (χ4n) is 0.884. The summed E-state index contributed by atoms with van der Waals surface area (Å²) in [6.07, 6.45) is 0. The van der Waals surface area contributed by atoms with E-state index in [9.17, 15) is 0 Å². The zero-order chi connectivity index (χ0) is 6.97. The Balaban J connectivity index is 2.93. The van der Waals surface area contributed by atoms with E-state index in [0.717, 1.165) is 0 Å². The molecule has 10 heavy (non-hydrogen) atoms. The van der Waals surface area contributed by atoms with Crippen LogP contribution in [-0.2, 0) is 0 Å². The molecule has 0 nitrogen and oxygen atoms in total. The molecule has 0 aliphatic heterocycles. The van der Waals surface area contributed by atoms with E-state index in [2.05, 4.69) is 33.4 Å². The molecule has 0 saturated carbocycles. The Labute approximate surface area is 71.6 Å². The predicted molar refractivity (Wildman–Crippen MR) is 48.4 cm³/mol. The summed E-state index contributed by atoms with van der Waals surface area (Å²) in [6, 6.07) is 9.04. The summed E-state index contributed by atoms with van der Waals surface area (Å²) in [6.45, 7) is 0. The zero-order valence-corrected chi connectivity index (χ0v) is 7.50. The maximum Gasteiger partial charge on any atom is 0.0361 e. The summed E-state index contributed by atoms with van der Waals surface area (Å²) < 4.78 is 2.48. The van der Waals surface area contributed by atoms with Gasteiger partial charge in [0.1, 0.15) is 0 Å². The van der Waals surface area contributed by atoms with Gasteiger partial charge in [-0.1, -0.05) is 6.07 Å². The van der Waals surface area contributed by atoms with Gasteiger partial charge in [0.2, 0.25) is 0 Å². The van der Waals surface area contributed by atoms with Crippen LogP contribution in [0.5, 0.6) is 0 Å². The van der Waals surface area contributed by atoms with Gasteiger partial charge in [0.25, 0.3) is 0 Å². The van der Waals surface area contributed by atoms with Crippen molar-refractivity contribution in [3.05, 3.63) is 34.1 Å². The summed E-state index contributed by atoms with van der Waals surface area (Å²) in [4.78, 5) is 0. The summed E-state index contributed by atoms with van der Waals surface area (Å²) in [5.74, 6) is 0. The van der Waals surface area contributed by atoms with Gasteiger partial charge >= 0.3 is 0 Å². The minimum atomic E-state index is 1.17. The highest BCUT2D eigenvalue weighted by atomic mass is 79.9. The molecule has 0 bridgehead atoms. The van der Waals surface area contributed by atoms with Gasteiger partial charge in [-0.05, 0) is 34.1 Å². The van der Waals surface area contributed by atoms with Gasteiger partial charge in [0, 0.05) is 19.9 Å². The molecule has 2 heteroatoms. The van der Waals surface area contributed by atoms with E-state index >= 15 is 0 Å². The molecule has 1 radical (unpaired) electrons. The summed E-state index contributed by atoms with van der Waals surface area (Å²) in [5.41, 5.74) is 0. The Morgan fingerprint density at radius 2 is 2.40 bits per heavy atom. The van der Waals surface area contributed by atoms with Crippen molar-refractivity contribution < 1.29 is 0 Å². The minimum Gasteiger partial charge on any atom is -0.143 e. The van der Waals surface area contributed by atoms with E-state index in [-0.39, 0.29) is 0 Å². The third-order valence-corrected chi connectivity index (χ3v) is 3.29. The average molecular weight is 212 g/mol. The van der Waals surface area contributed by atoms with Crippen molar-refractivity contribution in [2.24, 2.45) is 0 Å². The first-order chi connectivity index (χ1) is 4.88. The van der Waals surface area contributed by atoms with Gasteiger partial charge in [-0.3, -0.25) is 0 Å². The van der Waals surface area contributed by atoms with Crippen LogP contribution >= 0.6 is 27.3 Å². The van der Waals surface area contributed by atoms with Gasteiger partial charge in [-0.25, -0.2) is 0 Å². The SMILES string of the molecule is Brc1csc2cc[c]cc12. The van der Waals surface area contributed by atoms with Gasteiger partial charge in [-0.2, -0.15) is 0 Å². The molecule has 0 spiro atoms. The lowest BCUT2D eigenvalue weighted by Crippen LogP contribution is -1.60. The van der Waals surface area contributed by atoms with Crippen molar-refractivity contribution in [2.45, 2.75) is 0 Å². The van der Waals surface area contributed by atoms with Crippen LogP contribution in [0.4, 0.5) is 0 Å². The number of thiophene rings is 1. The number of fused-ring (bicyclic) bond motifs is 1. The van der Waals surface area contributed by atoms with Crippen LogP contribution in [0.1, 0.15) is 0 Å². The molecule has 1 aromatic carbocycles. The highest BCUT2D eigenvalue weighted by molar-refractivity contribution is 9.10. The zero-order valence-electron chi connectivity index (χ0n) is 5.10. The second-order valence-corrected chi connectivity index (χ2v) is 3.77. The van der Waals surface area contributed by atoms with Crippen molar-refractivity contribution >= 4 is 37.4 Å². The molecule has 1 aromatic heterocycles. The average Bonchev–Trinajstić information content (AvgIpc) is 2.34. The second-order valence-electron chi connectivity index (χ2n) is 2.01. The van der Waals surface area contributed by atoms with Gasteiger partial charge in [0.15, 0.2) is 0 Å². The molecular formula is C8H4BrS. The predicted octanol–water partition coefficient (Wildman–Crippen LogP) is 3.46. The highest BCUT2D eigenvalue weighted by Gasteiger charge is 1.97. The molecule has 2 aromatic rings. The summed E-state index contributed by atoms with van der Waals surface area (Å²) in [5, 5.41) is 3.35. The summed E-state index contributed by atoms with van der Waals surface area (Å²) in [7, 11) is 0. The van der Waals surface area contributed by atoms with Crippen LogP contribution in [0, 0.1) is 6.07 Å². The van der Waals surface area contributed by atoms with Crippen LogP contribution < -0.4 is 0 Å². The van der Waals surface area contributed by atoms with Crippen LogP contribution in [-0.4, -0.2) is 0 Å². The third kappa shape index (κ3) is 0.879. The van der Waals surface area contributed by atoms with Gasteiger partial charge in [0.05, 0.1) is 0 Å². The molecule has 0 amide bonds. The fourth-order valence-corrected chi connectivity index (χ4v) is 2.42. The van der Waals surface area contributed by atoms with E-state index in [1.165, 1.54) is 14.6 Å². The lowest BCUT2D eigenvalue weighted by Gasteiger charge is -1.85. The van der Waals surface area contributed by atoms with Crippen molar-refractivity contribution in [2.75, 3.05) is 0 Å². The Morgan fingerprint density at radius 1 is 1.50 bits per heavy atom. The molecule has 0 aliphatic carbocycles. The fraction of sp³-hybridized carbons (Fsp3) is 0. The monoisotopic (exact) mass is 211 g/mol. The molecule has 0 N–H and O–H groups in total. The smallest absolute Gasteiger partial charge is 0.0361 e. The van der Waals surface area contributed by atoms with E-state index < -0.39 is 0 Å². The van der Waals surface area contributed by atoms with E-state index in [1.807, 2.05) is 12.1 Å². The van der Waals surface area contributed by atoms with Crippen molar-refractivity contribution in [1.82, 2.24) is 0 Å². The highest BCUT2D eigenvalue weighted by Crippen LogP contribution is 2.29. The largest absolute Gasteiger partial charge is 0.143 e. The first-order valence-electron chi connectivity index (χ1n) is 2.91. The molecule has 0 fully saturated rings. The van der Waals surface area contributed by atoms with E-state index in [4.69, 9.17) is 0 Å². The normalized spacial score (nSPS) is 10.5. The van der Waals surface area contributed by atoms with Crippen LogP contribution in [0.25, 0.3) is 10.1 Å². The molecule has 0 unspecified atom stereocenters. The van der Waals surface area contributed by atoms with Crippen LogP contribution in [0.2, 0.25) is 0 Å². The number of rotatable bonds is 0. The lowest BCUT2D eigenvalue weighted by atomic mass is 10.3. The van der Waals surface area contributed by atoms with Gasteiger partial charge in [-0.15, -0.1) is 11.3 Å². The maximum absolute atomic E-state index is 3.46. The quantitative estimate of drug-likeness (QED) is 0.627. The molecule has 49 valence electrons. The van der Waals surface area contributed by atoms with Crippen LogP contribution in [0.3, 0.4) is 0 Å². The minimum absolute atomic E-state index is 1.17. The van der Waals surface area contributed by atoms with E-state index in [0.29, 0.717) is 0 Å². The molecule has 0 atom stereocenters. The van der Waals surface area contributed by atoms with Crippen molar-refractivity contribution in [3.8, 4) is 0 Å². The van der Waals surface area contributed by atoms with Crippen LogP contribution in [0.15, 0.2) is 28.1 Å². The molecule has 2 rings (SSSR count). The lowest BCUT2D eigenvalue weighted by molar-refractivity contribution is 1.81. The Bertz CT molecular complexity index is 351. The topological polar surface area (TPSA) is 0 Å². The number of hydrogen-bond donors (Lipinski definition) is 0. The molecule has 1 heterocycles.